The van der Waals surface area contributed by atoms with Crippen LogP contribution in [0, 0.1) is 0 Å². The summed E-state index contributed by atoms with van der Waals surface area (Å²) in [5.74, 6) is 2.43. The average Bonchev–Trinajstić information content (AvgIpc) is 3.34. The molecule has 1 aromatic heterocycles. The topological polar surface area (TPSA) is 82.7 Å². The third-order valence-corrected chi connectivity index (χ3v) is 5.56. The number of ether oxygens (including phenoxy) is 2. The Hall–Kier alpha value is -3.26. The summed E-state index contributed by atoms with van der Waals surface area (Å²) in [7, 11) is 0. The Bertz CT molecular complexity index is 1020. The number of rotatable bonds is 5. The second-order valence-corrected chi connectivity index (χ2v) is 7.66. The van der Waals surface area contributed by atoms with E-state index in [0.29, 0.717) is 13.1 Å². The molecule has 2 N–H and O–H groups in total. The van der Waals surface area contributed by atoms with Crippen molar-refractivity contribution >= 4 is 22.9 Å². The molecular formula is C22H25N5O3. The summed E-state index contributed by atoms with van der Waals surface area (Å²) in [6.45, 7) is 4.63. The van der Waals surface area contributed by atoms with Crippen LogP contribution in [0.15, 0.2) is 42.5 Å². The molecule has 0 spiro atoms. The molecule has 0 atom stereocenters. The number of hydrogen-bond acceptors (Lipinski definition) is 6. The van der Waals surface area contributed by atoms with Crippen LogP contribution in [0.5, 0.6) is 11.5 Å². The molecule has 8 heteroatoms. The van der Waals surface area contributed by atoms with Gasteiger partial charge in [-0.3, -0.25) is 9.69 Å². The van der Waals surface area contributed by atoms with Gasteiger partial charge in [-0.25, -0.2) is 4.98 Å². The van der Waals surface area contributed by atoms with E-state index in [-0.39, 0.29) is 12.7 Å². The maximum Gasteiger partial charge on any atom is 0.234 e. The SMILES string of the molecule is O=C(CN1CCCN(c2nc3ccccc3[nH]2)CC1)NCc1ccc2c(c1)OCO2. The number of nitrogens with zero attached hydrogens (tertiary/aromatic N) is 3. The molecule has 2 aromatic carbocycles. The van der Waals surface area contributed by atoms with Gasteiger partial charge in [-0.15, -0.1) is 0 Å². The van der Waals surface area contributed by atoms with E-state index in [9.17, 15) is 4.79 Å². The number of imidazole rings is 1. The summed E-state index contributed by atoms with van der Waals surface area (Å²) >= 11 is 0. The maximum atomic E-state index is 12.5. The third-order valence-electron chi connectivity index (χ3n) is 5.56. The molecule has 0 unspecified atom stereocenters. The molecule has 2 aliphatic heterocycles. The highest BCUT2D eigenvalue weighted by Crippen LogP contribution is 2.32. The van der Waals surface area contributed by atoms with Gasteiger partial charge < -0.3 is 24.7 Å². The number of hydrogen-bond donors (Lipinski definition) is 2. The molecular weight excluding hydrogens is 382 g/mol. The lowest BCUT2D eigenvalue weighted by Crippen LogP contribution is -2.39. The Morgan fingerprint density at radius 2 is 1.97 bits per heavy atom. The monoisotopic (exact) mass is 407 g/mol. The van der Waals surface area contributed by atoms with Crippen molar-refractivity contribution in [3.63, 3.8) is 0 Å². The maximum absolute atomic E-state index is 12.5. The summed E-state index contributed by atoms with van der Waals surface area (Å²) in [6, 6.07) is 13.8. The molecule has 0 radical (unpaired) electrons. The van der Waals surface area contributed by atoms with Gasteiger partial charge >= 0.3 is 0 Å². The Labute approximate surface area is 174 Å². The number of para-hydroxylation sites is 2. The molecule has 1 saturated heterocycles. The van der Waals surface area contributed by atoms with Gasteiger partial charge in [-0.2, -0.15) is 0 Å². The van der Waals surface area contributed by atoms with Crippen LogP contribution < -0.4 is 19.7 Å². The van der Waals surface area contributed by atoms with Gasteiger partial charge in [-0.1, -0.05) is 18.2 Å². The van der Waals surface area contributed by atoms with Crippen molar-refractivity contribution in [1.29, 1.82) is 0 Å². The summed E-state index contributed by atoms with van der Waals surface area (Å²) in [5.41, 5.74) is 3.03. The number of benzene rings is 2. The Morgan fingerprint density at radius 1 is 1.07 bits per heavy atom. The average molecular weight is 407 g/mol. The number of anilines is 1. The first-order chi connectivity index (χ1) is 14.7. The zero-order chi connectivity index (χ0) is 20.3. The molecule has 1 fully saturated rings. The van der Waals surface area contributed by atoms with Crippen LogP contribution in [0.3, 0.4) is 0 Å². The lowest BCUT2D eigenvalue weighted by atomic mass is 10.2. The van der Waals surface area contributed by atoms with Crippen LogP contribution in [-0.2, 0) is 11.3 Å². The van der Waals surface area contributed by atoms with Crippen molar-refractivity contribution in [2.75, 3.05) is 44.4 Å². The van der Waals surface area contributed by atoms with E-state index >= 15 is 0 Å². The fourth-order valence-corrected chi connectivity index (χ4v) is 3.94. The smallest absolute Gasteiger partial charge is 0.234 e. The minimum absolute atomic E-state index is 0.0323. The summed E-state index contributed by atoms with van der Waals surface area (Å²) in [4.78, 5) is 25.0. The van der Waals surface area contributed by atoms with Gasteiger partial charge in [0.15, 0.2) is 11.5 Å². The predicted octanol–water partition coefficient (Wildman–Crippen LogP) is 2.12. The van der Waals surface area contributed by atoms with E-state index in [0.717, 1.165) is 66.6 Å². The molecule has 5 rings (SSSR count). The van der Waals surface area contributed by atoms with Crippen LogP contribution in [0.1, 0.15) is 12.0 Å². The molecule has 156 valence electrons. The van der Waals surface area contributed by atoms with E-state index in [1.54, 1.807) is 0 Å². The van der Waals surface area contributed by atoms with E-state index in [1.807, 2.05) is 42.5 Å². The van der Waals surface area contributed by atoms with Gasteiger partial charge in [0.1, 0.15) is 0 Å². The van der Waals surface area contributed by atoms with Crippen LogP contribution in [-0.4, -0.2) is 60.3 Å². The van der Waals surface area contributed by atoms with Gasteiger partial charge in [-0.05, 0) is 36.2 Å². The highest BCUT2D eigenvalue weighted by molar-refractivity contribution is 5.78. The number of aromatic nitrogens is 2. The predicted molar refractivity (Wildman–Crippen MR) is 114 cm³/mol. The van der Waals surface area contributed by atoms with Crippen LogP contribution >= 0.6 is 0 Å². The first-order valence-corrected chi connectivity index (χ1v) is 10.3. The molecule has 0 bridgehead atoms. The number of aromatic amines is 1. The first-order valence-electron chi connectivity index (χ1n) is 10.3. The zero-order valence-electron chi connectivity index (χ0n) is 16.8. The van der Waals surface area contributed by atoms with Gasteiger partial charge in [0, 0.05) is 32.7 Å². The van der Waals surface area contributed by atoms with Crippen LogP contribution in [0.2, 0.25) is 0 Å². The summed E-state index contributed by atoms with van der Waals surface area (Å²) in [5, 5.41) is 3.01. The molecule has 3 heterocycles. The highest BCUT2D eigenvalue weighted by atomic mass is 16.7. The van der Waals surface area contributed by atoms with Crippen LogP contribution in [0.25, 0.3) is 11.0 Å². The lowest BCUT2D eigenvalue weighted by molar-refractivity contribution is -0.122. The molecule has 8 nitrogen and oxygen atoms in total. The number of H-pyrrole nitrogens is 1. The number of nitrogens with one attached hydrogen (secondary N) is 2. The van der Waals surface area contributed by atoms with Gasteiger partial charge in [0.2, 0.25) is 18.6 Å². The van der Waals surface area contributed by atoms with E-state index in [2.05, 4.69) is 20.1 Å². The number of carbonyl (C=O) groups excluding carboxylic acids is 1. The minimum atomic E-state index is 0.0323. The number of carbonyl (C=O) groups is 1. The Balaban J connectivity index is 1.13. The van der Waals surface area contributed by atoms with Crippen molar-refractivity contribution in [3.05, 3.63) is 48.0 Å². The normalized spacial score (nSPS) is 16.6. The van der Waals surface area contributed by atoms with Crippen molar-refractivity contribution in [2.24, 2.45) is 0 Å². The van der Waals surface area contributed by atoms with E-state index in [4.69, 9.17) is 14.5 Å². The van der Waals surface area contributed by atoms with E-state index in [1.165, 1.54) is 0 Å². The van der Waals surface area contributed by atoms with Gasteiger partial charge in [0.25, 0.3) is 0 Å². The molecule has 3 aromatic rings. The largest absolute Gasteiger partial charge is 0.454 e. The van der Waals surface area contributed by atoms with Crippen molar-refractivity contribution in [3.8, 4) is 11.5 Å². The van der Waals surface area contributed by atoms with Crippen molar-refractivity contribution in [1.82, 2.24) is 20.2 Å². The summed E-state index contributed by atoms with van der Waals surface area (Å²) < 4.78 is 10.7. The summed E-state index contributed by atoms with van der Waals surface area (Å²) in [6.07, 6.45) is 0.993. The second kappa shape index (κ2) is 8.23. The molecule has 30 heavy (non-hydrogen) atoms. The third kappa shape index (κ3) is 4.04. The second-order valence-electron chi connectivity index (χ2n) is 7.66. The molecule has 1 amide bonds. The van der Waals surface area contributed by atoms with E-state index < -0.39 is 0 Å². The fraction of sp³-hybridized carbons (Fsp3) is 0.364. The van der Waals surface area contributed by atoms with Crippen LogP contribution in [0.4, 0.5) is 5.95 Å². The lowest BCUT2D eigenvalue weighted by Gasteiger charge is -2.21. The van der Waals surface area contributed by atoms with Crippen molar-refractivity contribution < 1.29 is 14.3 Å². The Kier molecular flexibility index (Phi) is 5.15. The quantitative estimate of drug-likeness (QED) is 0.674. The molecule has 0 aliphatic carbocycles. The van der Waals surface area contributed by atoms with Gasteiger partial charge in [0.05, 0.1) is 17.6 Å². The standard InChI is InChI=1S/C22H25N5O3/c28-21(23-13-16-6-7-19-20(12-16)30-15-29-19)14-26-8-3-9-27(11-10-26)22-24-17-4-1-2-5-18(17)25-22/h1-2,4-7,12H,3,8-11,13-15H2,(H,23,28)(H,24,25). The Morgan fingerprint density at radius 3 is 2.90 bits per heavy atom. The number of amides is 1. The molecule has 2 aliphatic rings. The van der Waals surface area contributed by atoms with Crippen molar-refractivity contribution in [2.45, 2.75) is 13.0 Å². The zero-order valence-corrected chi connectivity index (χ0v) is 16.8. The first kappa shape index (κ1) is 18.7. The fourth-order valence-electron chi connectivity index (χ4n) is 3.94. The highest BCUT2D eigenvalue weighted by Gasteiger charge is 2.19. The minimum Gasteiger partial charge on any atom is -0.454 e. The molecule has 0 saturated carbocycles. The number of fused-ring (bicyclic) bond motifs is 2.